The van der Waals surface area contributed by atoms with Gasteiger partial charge in [-0.15, -0.1) is 0 Å². The van der Waals surface area contributed by atoms with Gasteiger partial charge in [0.2, 0.25) is 0 Å². The van der Waals surface area contributed by atoms with E-state index < -0.39 is 0 Å². The number of nitrogens with zero attached hydrogens (tertiary/aromatic N) is 2. The van der Waals surface area contributed by atoms with Crippen LogP contribution in [-0.2, 0) is 0 Å². The number of hydrogen-bond acceptors (Lipinski definition) is 4. The molecular weight excluding hydrogens is 232 g/mol. The monoisotopic (exact) mass is 252 g/mol. The Morgan fingerprint density at radius 1 is 1.44 bits per heavy atom. The quantitative estimate of drug-likeness (QED) is 0.778. The van der Waals surface area contributed by atoms with Crippen LogP contribution >= 0.6 is 0 Å². The highest BCUT2D eigenvalue weighted by Crippen LogP contribution is 2.14. The summed E-state index contributed by atoms with van der Waals surface area (Å²) in [5.41, 5.74) is -0.129. The predicted molar refractivity (Wildman–Crippen MR) is 69.5 cm³/mol. The number of aromatic nitrogens is 2. The summed E-state index contributed by atoms with van der Waals surface area (Å²) in [7, 11) is 3.99. The normalized spacial score (nSPS) is 11.6. The van der Waals surface area contributed by atoms with Crippen molar-refractivity contribution < 1.29 is 4.79 Å². The number of hydrogen-bond donors (Lipinski definition) is 2. The third-order valence-corrected chi connectivity index (χ3v) is 2.38. The standard InChI is InChI=1S/C12H20N4O2/c1-12(2,8-16(3)4)7-13-11(18)9-5-6-10(17)15-14-9/h5-6H,7-8H2,1-4H3,(H,13,18)(H,15,17). The van der Waals surface area contributed by atoms with Gasteiger partial charge in [-0.2, -0.15) is 5.10 Å². The van der Waals surface area contributed by atoms with Gasteiger partial charge in [0.1, 0.15) is 5.69 Å². The molecule has 0 aromatic carbocycles. The lowest BCUT2D eigenvalue weighted by atomic mass is 9.93. The maximum atomic E-state index is 11.8. The van der Waals surface area contributed by atoms with Crippen molar-refractivity contribution in [3.63, 3.8) is 0 Å². The summed E-state index contributed by atoms with van der Waals surface area (Å²) in [6.45, 7) is 5.57. The molecule has 1 aromatic rings. The summed E-state index contributed by atoms with van der Waals surface area (Å²) >= 11 is 0. The van der Waals surface area contributed by atoms with E-state index in [-0.39, 0.29) is 22.6 Å². The number of carbonyl (C=O) groups is 1. The summed E-state index contributed by atoms with van der Waals surface area (Å²) in [6, 6.07) is 2.69. The maximum Gasteiger partial charge on any atom is 0.271 e. The molecule has 1 amide bonds. The second-order valence-corrected chi connectivity index (χ2v) is 5.39. The zero-order valence-electron chi connectivity index (χ0n) is 11.3. The molecule has 0 aliphatic carbocycles. The molecule has 18 heavy (non-hydrogen) atoms. The average Bonchev–Trinajstić information content (AvgIpc) is 2.25. The molecule has 0 bridgehead atoms. The van der Waals surface area contributed by atoms with Gasteiger partial charge >= 0.3 is 0 Å². The second-order valence-electron chi connectivity index (χ2n) is 5.39. The summed E-state index contributed by atoms with van der Waals surface area (Å²) < 4.78 is 0. The molecule has 0 aliphatic heterocycles. The van der Waals surface area contributed by atoms with Crippen molar-refractivity contribution >= 4 is 5.91 Å². The average molecular weight is 252 g/mol. The fourth-order valence-electron chi connectivity index (χ4n) is 1.79. The Kier molecular flexibility index (Phi) is 4.61. The molecule has 0 aliphatic rings. The van der Waals surface area contributed by atoms with Crippen LogP contribution in [0.25, 0.3) is 0 Å². The molecule has 2 N–H and O–H groups in total. The summed E-state index contributed by atoms with van der Waals surface area (Å²) in [6.07, 6.45) is 0. The molecule has 0 unspecified atom stereocenters. The van der Waals surface area contributed by atoms with Crippen LogP contribution in [0.3, 0.4) is 0 Å². The lowest BCUT2D eigenvalue weighted by Crippen LogP contribution is -2.40. The van der Waals surface area contributed by atoms with E-state index in [1.54, 1.807) is 0 Å². The molecule has 6 nitrogen and oxygen atoms in total. The largest absolute Gasteiger partial charge is 0.350 e. The smallest absolute Gasteiger partial charge is 0.271 e. The minimum Gasteiger partial charge on any atom is -0.350 e. The molecule has 1 rings (SSSR count). The van der Waals surface area contributed by atoms with Gasteiger partial charge in [-0.25, -0.2) is 5.10 Å². The summed E-state index contributed by atoms with van der Waals surface area (Å²) in [5, 5.41) is 8.73. The topological polar surface area (TPSA) is 78.1 Å². The van der Waals surface area contributed by atoms with Crippen LogP contribution in [0, 0.1) is 5.41 Å². The number of nitrogens with one attached hydrogen (secondary N) is 2. The molecule has 0 atom stereocenters. The summed E-state index contributed by atoms with van der Waals surface area (Å²) in [5.74, 6) is -0.280. The zero-order valence-corrected chi connectivity index (χ0v) is 11.3. The summed E-state index contributed by atoms with van der Waals surface area (Å²) in [4.78, 5) is 24.7. The third-order valence-electron chi connectivity index (χ3n) is 2.38. The SMILES string of the molecule is CN(C)CC(C)(C)CNC(=O)c1ccc(=O)[nH]n1. The molecule has 0 saturated carbocycles. The van der Waals surface area contributed by atoms with E-state index in [1.165, 1.54) is 12.1 Å². The number of carbonyl (C=O) groups excluding carboxylic acids is 1. The second kappa shape index (κ2) is 5.77. The van der Waals surface area contributed by atoms with E-state index in [4.69, 9.17) is 0 Å². The van der Waals surface area contributed by atoms with Crippen LogP contribution in [0.15, 0.2) is 16.9 Å². The van der Waals surface area contributed by atoms with Gasteiger partial charge in [0, 0.05) is 19.2 Å². The Hall–Kier alpha value is -1.69. The van der Waals surface area contributed by atoms with Gasteiger partial charge in [-0.1, -0.05) is 13.8 Å². The van der Waals surface area contributed by atoms with Crippen LogP contribution in [0.5, 0.6) is 0 Å². The minimum atomic E-state index is -0.320. The number of rotatable bonds is 5. The lowest BCUT2D eigenvalue weighted by molar-refractivity contribution is 0.0923. The molecule has 1 heterocycles. The molecule has 0 radical (unpaired) electrons. The highest BCUT2D eigenvalue weighted by atomic mass is 16.2. The number of amides is 1. The van der Waals surface area contributed by atoms with Crippen LogP contribution < -0.4 is 10.9 Å². The van der Waals surface area contributed by atoms with E-state index in [1.807, 2.05) is 14.1 Å². The third kappa shape index (κ3) is 4.67. The molecule has 0 spiro atoms. The Morgan fingerprint density at radius 3 is 2.61 bits per heavy atom. The Labute approximate surface area is 106 Å². The first-order valence-electron chi connectivity index (χ1n) is 5.79. The van der Waals surface area contributed by atoms with Crippen molar-refractivity contribution in [1.82, 2.24) is 20.4 Å². The fraction of sp³-hybridized carbons (Fsp3) is 0.583. The van der Waals surface area contributed by atoms with E-state index in [2.05, 4.69) is 34.3 Å². The van der Waals surface area contributed by atoms with Crippen molar-refractivity contribution in [2.24, 2.45) is 5.41 Å². The van der Waals surface area contributed by atoms with Gasteiger partial charge in [0.25, 0.3) is 11.5 Å². The van der Waals surface area contributed by atoms with Crippen molar-refractivity contribution in [2.45, 2.75) is 13.8 Å². The van der Waals surface area contributed by atoms with E-state index >= 15 is 0 Å². The maximum absolute atomic E-state index is 11.8. The first-order chi connectivity index (χ1) is 8.30. The highest BCUT2D eigenvalue weighted by Gasteiger charge is 2.20. The van der Waals surface area contributed by atoms with Crippen LogP contribution in [-0.4, -0.2) is 48.2 Å². The molecular formula is C12H20N4O2. The van der Waals surface area contributed by atoms with E-state index in [0.717, 1.165) is 6.54 Å². The predicted octanol–water partition coefficient (Wildman–Crippen LogP) is 0.0875. The number of H-pyrrole nitrogens is 1. The Balaban J connectivity index is 2.56. The van der Waals surface area contributed by atoms with Crippen LogP contribution in [0.2, 0.25) is 0 Å². The fourth-order valence-corrected chi connectivity index (χ4v) is 1.79. The molecule has 0 saturated heterocycles. The first-order valence-corrected chi connectivity index (χ1v) is 5.79. The molecule has 100 valence electrons. The lowest BCUT2D eigenvalue weighted by Gasteiger charge is -2.28. The van der Waals surface area contributed by atoms with Crippen LogP contribution in [0.1, 0.15) is 24.3 Å². The van der Waals surface area contributed by atoms with E-state index in [9.17, 15) is 9.59 Å². The number of aromatic amines is 1. The van der Waals surface area contributed by atoms with Crippen molar-refractivity contribution in [2.75, 3.05) is 27.2 Å². The Morgan fingerprint density at radius 2 is 2.11 bits per heavy atom. The van der Waals surface area contributed by atoms with Crippen LogP contribution in [0.4, 0.5) is 0 Å². The Bertz CT molecular complexity index is 445. The van der Waals surface area contributed by atoms with Gasteiger partial charge in [-0.3, -0.25) is 9.59 Å². The first kappa shape index (κ1) is 14.4. The van der Waals surface area contributed by atoms with Gasteiger partial charge in [-0.05, 0) is 25.6 Å². The van der Waals surface area contributed by atoms with Gasteiger partial charge < -0.3 is 10.2 Å². The molecule has 6 heteroatoms. The van der Waals surface area contributed by atoms with Crippen molar-refractivity contribution in [1.29, 1.82) is 0 Å². The molecule has 0 fully saturated rings. The zero-order chi connectivity index (χ0) is 13.8. The van der Waals surface area contributed by atoms with Crippen molar-refractivity contribution in [3.8, 4) is 0 Å². The molecule has 1 aromatic heterocycles. The van der Waals surface area contributed by atoms with Crippen molar-refractivity contribution in [3.05, 3.63) is 28.2 Å². The van der Waals surface area contributed by atoms with E-state index in [0.29, 0.717) is 6.54 Å². The minimum absolute atomic E-state index is 0.0264. The van der Waals surface area contributed by atoms with Gasteiger partial charge in [0.05, 0.1) is 0 Å². The van der Waals surface area contributed by atoms with Gasteiger partial charge in [0.15, 0.2) is 0 Å². The highest BCUT2D eigenvalue weighted by molar-refractivity contribution is 5.91.